The highest BCUT2D eigenvalue weighted by Crippen LogP contribution is 2.07. The van der Waals surface area contributed by atoms with Crippen molar-refractivity contribution >= 4 is 11.8 Å². The molecule has 0 aromatic heterocycles. The highest BCUT2D eigenvalue weighted by atomic mass is 32.2. The van der Waals surface area contributed by atoms with Crippen LogP contribution in [0.3, 0.4) is 0 Å². The molecule has 1 rings (SSSR count). The number of hydrazine groups is 1. The van der Waals surface area contributed by atoms with Crippen molar-refractivity contribution in [2.75, 3.05) is 24.6 Å². The Morgan fingerprint density at radius 1 is 1.11 bits per heavy atom. The molecule has 1 heterocycles. The quantitative estimate of drug-likeness (QED) is 0.510. The molecular formula is C6H14N2S. The van der Waals surface area contributed by atoms with Gasteiger partial charge in [-0.1, -0.05) is 0 Å². The summed E-state index contributed by atoms with van der Waals surface area (Å²) in [6.07, 6.45) is 2.50. The molecule has 0 saturated carbocycles. The van der Waals surface area contributed by atoms with E-state index < -0.39 is 0 Å². The van der Waals surface area contributed by atoms with Gasteiger partial charge in [0.05, 0.1) is 0 Å². The molecule has 0 aromatic rings. The van der Waals surface area contributed by atoms with Gasteiger partial charge in [-0.3, -0.25) is 5.84 Å². The predicted octanol–water partition coefficient (Wildman–Crippen LogP) is 0.689. The van der Waals surface area contributed by atoms with Crippen LogP contribution in [0.5, 0.6) is 0 Å². The van der Waals surface area contributed by atoms with Crippen molar-refractivity contribution in [2.45, 2.75) is 12.8 Å². The summed E-state index contributed by atoms with van der Waals surface area (Å²) < 4.78 is 0. The summed E-state index contributed by atoms with van der Waals surface area (Å²) in [6.45, 7) is 2.15. The lowest BCUT2D eigenvalue weighted by Gasteiger charge is -2.18. The lowest BCUT2D eigenvalue weighted by molar-refractivity contribution is 0.284. The second kappa shape index (κ2) is 4.14. The first-order valence-electron chi connectivity index (χ1n) is 3.47. The van der Waals surface area contributed by atoms with E-state index in [2.05, 4.69) is 0 Å². The van der Waals surface area contributed by atoms with Crippen LogP contribution >= 0.6 is 11.8 Å². The molecule has 0 atom stereocenters. The highest BCUT2D eigenvalue weighted by molar-refractivity contribution is 7.99. The van der Waals surface area contributed by atoms with Gasteiger partial charge in [-0.25, -0.2) is 5.01 Å². The smallest absolute Gasteiger partial charge is 0.0136 e. The average Bonchev–Trinajstić information content (AvgIpc) is 1.79. The van der Waals surface area contributed by atoms with Gasteiger partial charge in [0.1, 0.15) is 0 Å². The molecule has 1 saturated heterocycles. The third kappa shape index (κ3) is 3.08. The number of rotatable bonds is 0. The molecule has 54 valence electrons. The van der Waals surface area contributed by atoms with Crippen LogP contribution in [-0.2, 0) is 0 Å². The summed E-state index contributed by atoms with van der Waals surface area (Å²) in [5.41, 5.74) is 0. The van der Waals surface area contributed by atoms with Crippen LogP contribution in [0.1, 0.15) is 12.8 Å². The fraction of sp³-hybridized carbons (Fsp3) is 1.00. The van der Waals surface area contributed by atoms with Gasteiger partial charge in [-0.15, -0.1) is 0 Å². The Morgan fingerprint density at radius 2 is 1.67 bits per heavy atom. The van der Waals surface area contributed by atoms with Crippen LogP contribution in [0.4, 0.5) is 0 Å². The molecule has 0 spiro atoms. The number of nitrogens with two attached hydrogens (primary N) is 1. The first-order valence-corrected chi connectivity index (χ1v) is 4.62. The summed E-state index contributed by atoms with van der Waals surface area (Å²) in [5, 5.41) is 1.93. The first-order chi connectivity index (χ1) is 4.39. The van der Waals surface area contributed by atoms with Gasteiger partial charge in [0, 0.05) is 13.1 Å². The molecule has 1 fully saturated rings. The lowest BCUT2D eigenvalue weighted by atomic mass is 10.4. The minimum absolute atomic E-state index is 1.08. The molecule has 1 aliphatic heterocycles. The van der Waals surface area contributed by atoms with Gasteiger partial charge in [0.15, 0.2) is 0 Å². The Morgan fingerprint density at radius 3 is 2.22 bits per heavy atom. The van der Waals surface area contributed by atoms with Crippen LogP contribution in [0, 0.1) is 0 Å². The first kappa shape index (κ1) is 7.38. The predicted molar refractivity (Wildman–Crippen MR) is 42.3 cm³/mol. The van der Waals surface area contributed by atoms with Crippen molar-refractivity contribution in [3.63, 3.8) is 0 Å². The molecule has 1 aliphatic rings. The molecule has 2 N–H and O–H groups in total. The zero-order valence-corrected chi connectivity index (χ0v) is 6.49. The fourth-order valence-electron chi connectivity index (χ4n) is 0.953. The van der Waals surface area contributed by atoms with Crippen LogP contribution in [0.2, 0.25) is 0 Å². The zero-order chi connectivity index (χ0) is 6.53. The zero-order valence-electron chi connectivity index (χ0n) is 5.68. The lowest BCUT2D eigenvalue weighted by Crippen LogP contribution is -2.34. The van der Waals surface area contributed by atoms with E-state index in [-0.39, 0.29) is 0 Å². The van der Waals surface area contributed by atoms with Crippen LogP contribution in [-0.4, -0.2) is 29.6 Å². The molecule has 0 unspecified atom stereocenters. The van der Waals surface area contributed by atoms with Crippen LogP contribution < -0.4 is 5.84 Å². The van der Waals surface area contributed by atoms with Gasteiger partial charge in [0.25, 0.3) is 0 Å². The maximum absolute atomic E-state index is 5.63. The summed E-state index contributed by atoms with van der Waals surface area (Å²) in [4.78, 5) is 0. The Balaban J connectivity index is 2.12. The molecule has 0 amide bonds. The summed E-state index contributed by atoms with van der Waals surface area (Å²) in [7, 11) is 0. The van der Waals surface area contributed by atoms with Crippen molar-refractivity contribution in [1.82, 2.24) is 5.01 Å². The van der Waals surface area contributed by atoms with Gasteiger partial charge in [0.2, 0.25) is 0 Å². The largest absolute Gasteiger partial charge is 0.269 e. The second-order valence-corrected chi connectivity index (χ2v) is 3.58. The SMILES string of the molecule is NN1CCCSCCC1. The minimum Gasteiger partial charge on any atom is -0.269 e. The van der Waals surface area contributed by atoms with E-state index in [1.807, 2.05) is 16.8 Å². The molecule has 0 aliphatic carbocycles. The van der Waals surface area contributed by atoms with Crippen LogP contribution in [0.25, 0.3) is 0 Å². The van der Waals surface area contributed by atoms with Gasteiger partial charge in [-0.2, -0.15) is 11.8 Å². The minimum atomic E-state index is 1.08. The number of thioether (sulfide) groups is 1. The summed E-state index contributed by atoms with van der Waals surface area (Å²) in [6, 6.07) is 0. The van der Waals surface area contributed by atoms with Crippen molar-refractivity contribution < 1.29 is 0 Å². The van der Waals surface area contributed by atoms with E-state index in [4.69, 9.17) is 5.84 Å². The third-order valence-corrected chi connectivity index (χ3v) is 2.62. The van der Waals surface area contributed by atoms with Crippen LogP contribution in [0.15, 0.2) is 0 Å². The monoisotopic (exact) mass is 146 g/mol. The van der Waals surface area contributed by atoms with Gasteiger partial charge in [-0.05, 0) is 24.3 Å². The number of hydrogen-bond donors (Lipinski definition) is 1. The fourth-order valence-corrected chi connectivity index (χ4v) is 1.82. The average molecular weight is 146 g/mol. The van der Waals surface area contributed by atoms with Crippen molar-refractivity contribution in [3.05, 3.63) is 0 Å². The normalized spacial score (nSPS) is 25.0. The van der Waals surface area contributed by atoms with E-state index >= 15 is 0 Å². The maximum Gasteiger partial charge on any atom is 0.0136 e. The molecular weight excluding hydrogens is 132 g/mol. The Hall–Kier alpha value is 0.270. The Labute approximate surface area is 60.8 Å². The van der Waals surface area contributed by atoms with Crippen molar-refractivity contribution in [3.8, 4) is 0 Å². The van der Waals surface area contributed by atoms with Crippen molar-refractivity contribution in [2.24, 2.45) is 5.84 Å². The van der Waals surface area contributed by atoms with Gasteiger partial charge >= 0.3 is 0 Å². The second-order valence-electron chi connectivity index (χ2n) is 2.36. The van der Waals surface area contributed by atoms with E-state index in [0.29, 0.717) is 0 Å². The summed E-state index contributed by atoms with van der Waals surface area (Å²) >= 11 is 2.05. The molecule has 0 bridgehead atoms. The topological polar surface area (TPSA) is 29.3 Å². The van der Waals surface area contributed by atoms with E-state index in [9.17, 15) is 0 Å². The molecule has 9 heavy (non-hydrogen) atoms. The standard InChI is InChI=1S/C6H14N2S/c7-8-3-1-5-9-6-2-4-8/h1-7H2. The molecule has 0 radical (unpaired) electrons. The van der Waals surface area contributed by atoms with Gasteiger partial charge < -0.3 is 0 Å². The maximum atomic E-state index is 5.63. The Bertz CT molecular complexity index is 69.5. The van der Waals surface area contributed by atoms with E-state index in [1.54, 1.807) is 0 Å². The van der Waals surface area contributed by atoms with E-state index in [1.165, 1.54) is 24.3 Å². The van der Waals surface area contributed by atoms with Crippen molar-refractivity contribution in [1.29, 1.82) is 0 Å². The number of hydrogen-bond acceptors (Lipinski definition) is 3. The molecule has 2 nitrogen and oxygen atoms in total. The summed E-state index contributed by atoms with van der Waals surface area (Å²) in [5.74, 6) is 8.20. The third-order valence-electron chi connectivity index (χ3n) is 1.47. The highest BCUT2D eigenvalue weighted by Gasteiger charge is 2.01. The van der Waals surface area contributed by atoms with E-state index in [0.717, 1.165) is 13.1 Å². The molecule has 3 heteroatoms. The molecule has 0 aromatic carbocycles. The number of nitrogens with zero attached hydrogens (tertiary/aromatic N) is 1. The Kier molecular flexibility index (Phi) is 3.40.